The summed E-state index contributed by atoms with van der Waals surface area (Å²) in [5.41, 5.74) is 2.97. The average Bonchev–Trinajstić information content (AvgIpc) is 2.92. The Balaban J connectivity index is 1.59. The second-order valence-corrected chi connectivity index (χ2v) is 7.89. The monoisotopic (exact) mass is 521 g/mol. The molecule has 0 fully saturated rings. The molecule has 0 aliphatic carbocycles. The molecule has 0 radical (unpaired) electrons. The molecule has 0 aromatic heterocycles. The summed E-state index contributed by atoms with van der Waals surface area (Å²) < 4.78 is 21.7. The van der Waals surface area contributed by atoms with Gasteiger partial charge in [0.15, 0.2) is 23.4 Å². The lowest BCUT2D eigenvalue weighted by atomic mass is 10.2. The highest BCUT2D eigenvalue weighted by Gasteiger charge is 2.20. The van der Waals surface area contributed by atoms with Gasteiger partial charge in [0.05, 0.1) is 30.4 Å². The largest absolute Gasteiger partial charge is 0.494 e. The molecule has 3 rings (SSSR count). The van der Waals surface area contributed by atoms with Gasteiger partial charge in [0.2, 0.25) is 0 Å². The molecule has 1 N–H and O–H groups in total. The fraction of sp³-hybridized carbons (Fsp3) is 0.222. The van der Waals surface area contributed by atoms with Crippen LogP contribution in [0.2, 0.25) is 0 Å². The Morgan fingerprint density at radius 3 is 2.47 bits per heavy atom. The molecule has 3 aromatic rings. The number of nitrogens with zero attached hydrogens (tertiary/aromatic N) is 2. The van der Waals surface area contributed by atoms with Gasteiger partial charge in [-0.25, -0.2) is 10.2 Å². The standard InChI is InChI=1S/C27H27N3O8/c1-4-15-36-21-12-10-20(11-13-21)27(32)38-24-14-9-19(16-25(24)35-3)17-28-29-26(31)18(2)37-23-8-6-5-7-22(23)30(33)34/h5-14,16-18H,4,15H2,1-3H3,(H,29,31)/b28-17-/t18-/m0/s1. The SMILES string of the molecule is CCCOc1ccc(C(=O)Oc2ccc(/C=N\NC(=O)[C@H](C)Oc3ccccc3[N+](=O)[O-])cc2OC)cc1. The zero-order chi connectivity index (χ0) is 27.5. The van der Waals surface area contributed by atoms with Crippen molar-refractivity contribution in [2.24, 2.45) is 5.10 Å². The van der Waals surface area contributed by atoms with Crippen molar-refractivity contribution in [2.45, 2.75) is 26.4 Å². The van der Waals surface area contributed by atoms with Gasteiger partial charge in [0.25, 0.3) is 5.91 Å². The maximum absolute atomic E-state index is 12.6. The van der Waals surface area contributed by atoms with E-state index in [4.69, 9.17) is 18.9 Å². The van der Waals surface area contributed by atoms with Crippen molar-refractivity contribution in [3.63, 3.8) is 0 Å². The van der Waals surface area contributed by atoms with Gasteiger partial charge in [0, 0.05) is 6.07 Å². The van der Waals surface area contributed by atoms with Crippen LogP contribution in [0.4, 0.5) is 5.69 Å². The summed E-state index contributed by atoms with van der Waals surface area (Å²) in [4.78, 5) is 35.4. The molecule has 0 saturated carbocycles. The van der Waals surface area contributed by atoms with Crippen LogP contribution in [-0.4, -0.2) is 42.8 Å². The van der Waals surface area contributed by atoms with Crippen molar-refractivity contribution in [3.8, 4) is 23.0 Å². The van der Waals surface area contributed by atoms with Crippen LogP contribution in [0.3, 0.4) is 0 Å². The Morgan fingerprint density at radius 2 is 1.79 bits per heavy atom. The molecular weight excluding hydrogens is 494 g/mol. The van der Waals surface area contributed by atoms with Gasteiger partial charge in [-0.15, -0.1) is 0 Å². The van der Waals surface area contributed by atoms with Crippen LogP contribution in [0, 0.1) is 10.1 Å². The molecule has 0 bridgehead atoms. The Hall–Kier alpha value is -4.93. The highest BCUT2D eigenvalue weighted by molar-refractivity contribution is 5.92. The molecule has 11 nitrogen and oxygen atoms in total. The third-order valence-corrected chi connectivity index (χ3v) is 5.08. The van der Waals surface area contributed by atoms with E-state index in [2.05, 4.69) is 10.5 Å². The normalized spacial score (nSPS) is 11.4. The summed E-state index contributed by atoms with van der Waals surface area (Å²) in [6.07, 6.45) is 1.20. The zero-order valence-electron chi connectivity index (χ0n) is 21.1. The van der Waals surface area contributed by atoms with Gasteiger partial charge in [-0.05, 0) is 67.4 Å². The Kier molecular flexibility index (Phi) is 9.75. The smallest absolute Gasteiger partial charge is 0.343 e. The van der Waals surface area contributed by atoms with E-state index in [1.807, 2.05) is 6.92 Å². The summed E-state index contributed by atoms with van der Waals surface area (Å²) in [6.45, 7) is 4.04. The molecule has 0 aliphatic rings. The summed E-state index contributed by atoms with van der Waals surface area (Å²) in [6, 6.07) is 17.1. The molecular formula is C27H27N3O8. The fourth-order valence-corrected chi connectivity index (χ4v) is 3.13. The Labute approximate surface area is 219 Å². The van der Waals surface area contributed by atoms with E-state index in [1.165, 1.54) is 38.4 Å². The van der Waals surface area contributed by atoms with Crippen molar-refractivity contribution in [2.75, 3.05) is 13.7 Å². The van der Waals surface area contributed by atoms with Crippen LogP contribution in [-0.2, 0) is 4.79 Å². The third-order valence-electron chi connectivity index (χ3n) is 5.08. The number of hydrogen-bond acceptors (Lipinski definition) is 9. The van der Waals surface area contributed by atoms with Gasteiger partial charge in [-0.1, -0.05) is 19.1 Å². The van der Waals surface area contributed by atoms with Crippen LogP contribution in [0.25, 0.3) is 0 Å². The second-order valence-electron chi connectivity index (χ2n) is 7.89. The number of esters is 1. The van der Waals surface area contributed by atoms with Crippen molar-refractivity contribution in [1.82, 2.24) is 5.43 Å². The first-order valence-electron chi connectivity index (χ1n) is 11.7. The Bertz CT molecular complexity index is 1310. The lowest BCUT2D eigenvalue weighted by molar-refractivity contribution is -0.386. The zero-order valence-corrected chi connectivity index (χ0v) is 21.1. The van der Waals surface area contributed by atoms with E-state index in [-0.39, 0.29) is 22.9 Å². The number of carbonyl (C=O) groups excluding carboxylic acids is 2. The lowest BCUT2D eigenvalue weighted by Crippen LogP contribution is -2.33. The summed E-state index contributed by atoms with van der Waals surface area (Å²) in [5.74, 6) is -0.0467. The van der Waals surface area contributed by atoms with E-state index >= 15 is 0 Å². The number of benzene rings is 3. The van der Waals surface area contributed by atoms with Gasteiger partial charge in [-0.3, -0.25) is 14.9 Å². The van der Waals surface area contributed by atoms with Crippen LogP contribution >= 0.6 is 0 Å². The fourth-order valence-electron chi connectivity index (χ4n) is 3.13. The molecule has 0 saturated heterocycles. The molecule has 0 heterocycles. The van der Waals surface area contributed by atoms with Crippen LogP contribution in [0.1, 0.15) is 36.2 Å². The number of nitrogens with one attached hydrogen (secondary N) is 1. The lowest BCUT2D eigenvalue weighted by Gasteiger charge is -2.13. The predicted molar refractivity (Wildman–Crippen MR) is 139 cm³/mol. The van der Waals surface area contributed by atoms with Crippen LogP contribution in [0.5, 0.6) is 23.0 Å². The van der Waals surface area contributed by atoms with E-state index in [0.29, 0.717) is 23.5 Å². The third kappa shape index (κ3) is 7.53. The molecule has 3 aromatic carbocycles. The van der Waals surface area contributed by atoms with Crippen molar-refractivity contribution < 1.29 is 33.5 Å². The maximum Gasteiger partial charge on any atom is 0.343 e. The maximum atomic E-state index is 12.6. The Morgan fingerprint density at radius 1 is 1.05 bits per heavy atom. The number of methoxy groups -OCH3 is 1. The quantitative estimate of drug-likeness (QED) is 0.121. The molecule has 1 atom stereocenters. The minimum atomic E-state index is -1.04. The average molecular weight is 522 g/mol. The van der Waals surface area contributed by atoms with Gasteiger partial charge >= 0.3 is 11.7 Å². The van der Waals surface area contributed by atoms with Gasteiger partial charge in [-0.2, -0.15) is 5.10 Å². The first kappa shape index (κ1) is 27.7. The minimum absolute atomic E-state index is 0.0280. The van der Waals surface area contributed by atoms with Crippen molar-refractivity contribution >= 4 is 23.8 Å². The number of para-hydroxylation sites is 2. The predicted octanol–water partition coefficient (Wildman–Crippen LogP) is 4.53. The summed E-state index contributed by atoms with van der Waals surface area (Å²) >= 11 is 0. The molecule has 11 heteroatoms. The molecule has 0 spiro atoms. The number of carbonyl (C=O) groups is 2. The number of hydrogen-bond donors (Lipinski definition) is 1. The molecule has 0 aliphatic heterocycles. The van der Waals surface area contributed by atoms with Crippen LogP contribution in [0.15, 0.2) is 71.8 Å². The van der Waals surface area contributed by atoms with E-state index in [9.17, 15) is 19.7 Å². The minimum Gasteiger partial charge on any atom is -0.494 e. The number of rotatable bonds is 12. The first-order valence-corrected chi connectivity index (χ1v) is 11.7. The number of nitro groups is 1. The topological polar surface area (TPSA) is 139 Å². The molecule has 1 amide bonds. The summed E-state index contributed by atoms with van der Waals surface area (Å²) in [7, 11) is 1.43. The van der Waals surface area contributed by atoms with E-state index in [0.717, 1.165) is 6.42 Å². The van der Waals surface area contributed by atoms with E-state index < -0.39 is 22.9 Å². The highest BCUT2D eigenvalue weighted by Crippen LogP contribution is 2.29. The van der Waals surface area contributed by atoms with Crippen LogP contribution < -0.4 is 24.4 Å². The van der Waals surface area contributed by atoms with Crippen molar-refractivity contribution in [3.05, 3.63) is 88.0 Å². The van der Waals surface area contributed by atoms with Crippen molar-refractivity contribution in [1.29, 1.82) is 0 Å². The molecule has 38 heavy (non-hydrogen) atoms. The van der Waals surface area contributed by atoms with Gasteiger partial charge in [0.1, 0.15) is 5.75 Å². The van der Waals surface area contributed by atoms with E-state index in [1.54, 1.807) is 48.5 Å². The number of nitro benzene ring substituents is 1. The number of hydrazone groups is 1. The number of amides is 1. The molecule has 0 unspecified atom stereocenters. The summed E-state index contributed by atoms with van der Waals surface area (Å²) in [5, 5.41) is 15.0. The van der Waals surface area contributed by atoms with Gasteiger partial charge < -0.3 is 18.9 Å². The molecule has 198 valence electrons. The highest BCUT2D eigenvalue weighted by atomic mass is 16.6. The first-order chi connectivity index (χ1) is 18.3. The second kappa shape index (κ2) is 13.4. The number of ether oxygens (including phenoxy) is 4.